The van der Waals surface area contributed by atoms with Gasteiger partial charge in [0.05, 0.1) is 7.11 Å². The van der Waals surface area contributed by atoms with Crippen molar-refractivity contribution in [2.24, 2.45) is 0 Å². The van der Waals surface area contributed by atoms with E-state index in [2.05, 4.69) is 4.74 Å². The summed E-state index contributed by atoms with van der Waals surface area (Å²) in [4.78, 5) is 13.2. The zero-order valence-electron chi connectivity index (χ0n) is 10.8. The fraction of sp³-hybridized carbons (Fsp3) is 0.462. The molecule has 0 saturated heterocycles. The summed E-state index contributed by atoms with van der Waals surface area (Å²) in [5.74, 6) is -0.638. The molecule has 0 aliphatic rings. The number of ether oxygens (including phenoxy) is 1. The molecule has 1 aromatic rings. The van der Waals surface area contributed by atoms with Crippen LogP contribution in [0.15, 0.2) is 24.3 Å². The van der Waals surface area contributed by atoms with Gasteiger partial charge in [-0.15, -0.1) is 0 Å². The lowest BCUT2D eigenvalue weighted by molar-refractivity contribution is -0.162. The largest absolute Gasteiger partial charge is 0.467 e. The first-order valence-corrected chi connectivity index (χ1v) is 5.97. The molecule has 1 unspecified atom stereocenters. The molecule has 1 atom stereocenters. The summed E-state index contributed by atoms with van der Waals surface area (Å²) in [6.07, 6.45) is 0. The molecule has 1 rings (SSSR count). The Morgan fingerprint density at radius 1 is 1.56 bits per heavy atom. The number of nitrogens with zero attached hydrogens (tertiary/aromatic N) is 1. The Balaban J connectivity index is 2.61. The summed E-state index contributed by atoms with van der Waals surface area (Å²) >= 11 is 5.89. The van der Waals surface area contributed by atoms with Gasteiger partial charge in [0.25, 0.3) is 0 Å². The third-order valence-corrected chi connectivity index (χ3v) is 2.78. The topological polar surface area (TPSA) is 49.8 Å². The zero-order chi connectivity index (χ0) is 13.8. The summed E-state index contributed by atoms with van der Waals surface area (Å²) in [6.45, 7) is 2.22. The van der Waals surface area contributed by atoms with Crippen molar-refractivity contribution >= 4 is 17.6 Å². The maximum absolute atomic E-state index is 11.4. The summed E-state index contributed by atoms with van der Waals surface area (Å²) in [5, 5.41) is 10.6. The number of halogens is 1. The van der Waals surface area contributed by atoms with Crippen molar-refractivity contribution in [3.8, 4) is 0 Å². The molecule has 0 bridgehead atoms. The van der Waals surface area contributed by atoms with Gasteiger partial charge in [0.2, 0.25) is 0 Å². The molecular weight excluding hydrogens is 254 g/mol. The number of rotatable bonds is 5. The Morgan fingerprint density at radius 2 is 2.22 bits per heavy atom. The highest BCUT2D eigenvalue weighted by Gasteiger charge is 2.32. The monoisotopic (exact) mass is 271 g/mol. The molecular formula is C13H18ClNO3. The molecule has 100 valence electrons. The number of carbonyl (C=O) groups is 1. The zero-order valence-corrected chi connectivity index (χ0v) is 11.6. The minimum atomic E-state index is -1.51. The average molecular weight is 272 g/mol. The minimum Gasteiger partial charge on any atom is -0.467 e. The van der Waals surface area contributed by atoms with Crippen LogP contribution in [0.1, 0.15) is 12.5 Å². The van der Waals surface area contributed by atoms with Gasteiger partial charge < -0.3 is 9.84 Å². The standard InChI is InChI=1S/C13H18ClNO3/c1-13(17,12(16)18-3)9-15(2)8-10-5-4-6-11(14)7-10/h4-7,17H,8-9H2,1-3H3. The van der Waals surface area contributed by atoms with Crippen LogP contribution in [-0.2, 0) is 16.1 Å². The Labute approximate surface area is 112 Å². The molecule has 0 fully saturated rings. The van der Waals surface area contributed by atoms with Gasteiger partial charge >= 0.3 is 5.97 Å². The van der Waals surface area contributed by atoms with Crippen LogP contribution in [0, 0.1) is 0 Å². The van der Waals surface area contributed by atoms with Gasteiger partial charge in [-0.3, -0.25) is 4.90 Å². The number of hydrogen-bond acceptors (Lipinski definition) is 4. The predicted octanol–water partition coefficient (Wildman–Crippen LogP) is 1.70. The Hall–Kier alpha value is -1.10. The number of carbonyl (C=O) groups excluding carboxylic acids is 1. The molecule has 0 radical (unpaired) electrons. The van der Waals surface area contributed by atoms with Crippen LogP contribution < -0.4 is 0 Å². The molecule has 0 aliphatic heterocycles. The number of aliphatic hydroxyl groups is 1. The van der Waals surface area contributed by atoms with E-state index in [0.717, 1.165) is 5.56 Å². The van der Waals surface area contributed by atoms with Crippen LogP contribution in [-0.4, -0.2) is 42.3 Å². The summed E-state index contributed by atoms with van der Waals surface area (Å²) in [7, 11) is 3.08. The van der Waals surface area contributed by atoms with Crippen molar-refractivity contribution in [2.45, 2.75) is 19.1 Å². The van der Waals surface area contributed by atoms with E-state index in [-0.39, 0.29) is 6.54 Å². The lowest BCUT2D eigenvalue weighted by atomic mass is 10.1. The number of esters is 1. The smallest absolute Gasteiger partial charge is 0.338 e. The third-order valence-electron chi connectivity index (χ3n) is 2.54. The van der Waals surface area contributed by atoms with E-state index in [1.165, 1.54) is 14.0 Å². The molecule has 0 aliphatic carbocycles. The van der Waals surface area contributed by atoms with Crippen LogP contribution in [0.5, 0.6) is 0 Å². The van der Waals surface area contributed by atoms with Gasteiger partial charge in [-0.1, -0.05) is 23.7 Å². The van der Waals surface area contributed by atoms with Crippen molar-refractivity contribution in [2.75, 3.05) is 20.7 Å². The summed E-state index contributed by atoms with van der Waals surface area (Å²) in [5.41, 5.74) is -0.493. The molecule has 4 nitrogen and oxygen atoms in total. The Kier molecular flexibility index (Phi) is 5.14. The van der Waals surface area contributed by atoms with Gasteiger partial charge in [0, 0.05) is 18.1 Å². The first-order valence-electron chi connectivity index (χ1n) is 5.59. The second-order valence-electron chi connectivity index (χ2n) is 4.57. The van der Waals surface area contributed by atoms with E-state index in [1.54, 1.807) is 6.07 Å². The number of likely N-dealkylation sites (N-methyl/N-ethyl adjacent to an activating group) is 1. The van der Waals surface area contributed by atoms with Crippen molar-refractivity contribution in [1.82, 2.24) is 4.90 Å². The lowest BCUT2D eigenvalue weighted by Crippen LogP contribution is -2.46. The van der Waals surface area contributed by atoms with Crippen molar-refractivity contribution in [1.29, 1.82) is 0 Å². The molecule has 1 N–H and O–H groups in total. The molecule has 5 heteroatoms. The van der Waals surface area contributed by atoms with Gasteiger partial charge in [-0.25, -0.2) is 4.79 Å². The van der Waals surface area contributed by atoms with Crippen LogP contribution in [0.2, 0.25) is 5.02 Å². The fourth-order valence-corrected chi connectivity index (χ4v) is 2.03. The molecule has 0 amide bonds. The normalized spacial score (nSPS) is 14.3. The lowest BCUT2D eigenvalue weighted by Gasteiger charge is -2.26. The van der Waals surface area contributed by atoms with Crippen molar-refractivity contribution < 1.29 is 14.6 Å². The highest BCUT2D eigenvalue weighted by Crippen LogP contribution is 2.14. The quantitative estimate of drug-likeness (QED) is 0.828. The van der Waals surface area contributed by atoms with E-state index in [4.69, 9.17) is 11.6 Å². The highest BCUT2D eigenvalue weighted by atomic mass is 35.5. The van der Waals surface area contributed by atoms with Gasteiger partial charge in [-0.05, 0) is 31.7 Å². The molecule has 18 heavy (non-hydrogen) atoms. The van der Waals surface area contributed by atoms with E-state index in [9.17, 15) is 9.90 Å². The van der Waals surface area contributed by atoms with Crippen LogP contribution >= 0.6 is 11.6 Å². The number of methoxy groups -OCH3 is 1. The molecule has 1 aromatic carbocycles. The van der Waals surface area contributed by atoms with Crippen molar-refractivity contribution in [3.05, 3.63) is 34.9 Å². The van der Waals surface area contributed by atoms with Gasteiger partial charge in [0.1, 0.15) is 0 Å². The first-order chi connectivity index (χ1) is 8.35. The van der Waals surface area contributed by atoms with E-state index in [0.29, 0.717) is 11.6 Å². The average Bonchev–Trinajstić information content (AvgIpc) is 2.26. The second-order valence-corrected chi connectivity index (χ2v) is 5.00. The van der Waals surface area contributed by atoms with E-state index >= 15 is 0 Å². The fourth-order valence-electron chi connectivity index (χ4n) is 1.81. The molecule has 0 heterocycles. The third kappa shape index (κ3) is 4.29. The predicted molar refractivity (Wildman–Crippen MR) is 70.4 cm³/mol. The summed E-state index contributed by atoms with van der Waals surface area (Å²) < 4.78 is 4.55. The Bertz CT molecular complexity index is 420. The van der Waals surface area contributed by atoms with E-state index in [1.807, 2.05) is 30.1 Å². The minimum absolute atomic E-state index is 0.187. The molecule has 0 spiro atoms. The first kappa shape index (κ1) is 15.0. The molecule has 0 aromatic heterocycles. The second kappa shape index (κ2) is 6.18. The number of benzene rings is 1. The highest BCUT2D eigenvalue weighted by molar-refractivity contribution is 6.30. The maximum atomic E-state index is 11.4. The Morgan fingerprint density at radius 3 is 2.78 bits per heavy atom. The van der Waals surface area contributed by atoms with Crippen molar-refractivity contribution in [3.63, 3.8) is 0 Å². The van der Waals surface area contributed by atoms with Crippen LogP contribution in [0.25, 0.3) is 0 Å². The molecule has 0 saturated carbocycles. The van der Waals surface area contributed by atoms with Gasteiger partial charge in [-0.2, -0.15) is 0 Å². The van der Waals surface area contributed by atoms with Gasteiger partial charge in [0.15, 0.2) is 5.60 Å². The number of hydrogen-bond donors (Lipinski definition) is 1. The van der Waals surface area contributed by atoms with Crippen LogP contribution in [0.4, 0.5) is 0 Å². The van der Waals surface area contributed by atoms with E-state index < -0.39 is 11.6 Å². The summed E-state index contributed by atoms with van der Waals surface area (Å²) in [6, 6.07) is 7.46. The van der Waals surface area contributed by atoms with Crippen LogP contribution in [0.3, 0.4) is 0 Å². The SMILES string of the molecule is COC(=O)C(C)(O)CN(C)Cc1cccc(Cl)c1. The maximum Gasteiger partial charge on any atom is 0.338 e.